The summed E-state index contributed by atoms with van der Waals surface area (Å²) in [6.07, 6.45) is 7.19. The number of hydrogen-bond acceptors (Lipinski definition) is 5. The molecule has 0 bridgehead atoms. The minimum absolute atomic E-state index is 0.0615. The van der Waals surface area contributed by atoms with Crippen LogP contribution in [0.3, 0.4) is 0 Å². The number of likely N-dealkylation sites (tertiary alicyclic amines) is 1. The molecule has 0 aliphatic carbocycles. The van der Waals surface area contributed by atoms with Gasteiger partial charge in [0.15, 0.2) is 0 Å². The lowest BCUT2D eigenvalue weighted by atomic mass is 9.89. The third kappa shape index (κ3) is 3.42. The zero-order chi connectivity index (χ0) is 18.0. The molecule has 0 spiro atoms. The Labute approximate surface area is 147 Å². The Balaban J connectivity index is 1.83. The molecule has 2 aromatic rings. The highest BCUT2D eigenvalue weighted by atomic mass is 16.3. The second kappa shape index (κ2) is 6.92. The fourth-order valence-corrected chi connectivity index (χ4v) is 3.25. The molecular formula is C18H25N5O2. The van der Waals surface area contributed by atoms with Crippen LogP contribution in [0.5, 0.6) is 0 Å². The Bertz CT molecular complexity index is 757. The molecule has 3 heterocycles. The van der Waals surface area contributed by atoms with E-state index in [-0.39, 0.29) is 18.5 Å². The first-order valence-corrected chi connectivity index (χ1v) is 8.81. The number of aromatic nitrogens is 4. The lowest BCUT2D eigenvalue weighted by Crippen LogP contribution is -2.49. The van der Waals surface area contributed by atoms with Gasteiger partial charge in [0, 0.05) is 30.5 Å². The zero-order valence-electron chi connectivity index (χ0n) is 15.0. The van der Waals surface area contributed by atoms with Crippen molar-refractivity contribution in [2.45, 2.75) is 51.7 Å². The van der Waals surface area contributed by atoms with E-state index in [0.29, 0.717) is 24.2 Å². The topological polar surface area (TPSA) is 84.1 Å². The van der Waals surface area contributed by atoms with Crippen LogP contribution in [-0.2, 0) is 12.0 Å². The molecule has 0 radical (unpaired) electrons. The van der Waals surface area contributed by atoms with E-state index in [1.807, 2.05) is 20.8 Å². The smallest absolute Gasteiger partial charge is 0.254 e. The number of carbonyl (C=O) groups excluding carboxylic acids is 1. The lowest BCUT2D eigenvalue weighted by molar-refractivity contribution is -0.0321. The van der Waals surface area contributed by atoms with Crippen molar-refractivity contribution in [1.82, 2.24) is 24.9 Å². The van der Waals surface area contributed by atoms with E-state index in [2.05, 4.69) is 15.3 Å². The average molecular weight is 343 g/mol. The van der Waals surface area contributed by atoms with E-state index in [1.165, 1.54) is 0 Å². The molecule has 25 heavy (non-hydrogen) atoms. The Morgan fingerprint density at radius 2 is 2.24 bits per heavy atom. The van der Waals surface area contributed by atoms with Gasteiger partial charge in [-0.15, -0.1) is 5.10 Å². The molecule has 0 aromatic carbocycles. The number of amides is 1. The first-order valence-electron chi connectivity index (χ1n) is 8.81. The fourth-order valence-electron chi connectivity index (χ4n) is 3.25. The van der Waals surface area contributed by atoms with Gasteiger partial charge in [0.1, 0.15) is 11.3 Å². The highest BCUT2D eigenvalue weighted by Crippen LogP contribution is 2.31. The molecule has 3 rings (SSSR count). The Kier molecular flexibility index (Phi) is 4.85. The molecule has 1 saturated heterocycles. The van der Waals surface area contributed by atoms with Gasteiger partial charge in [-0.3, -0.25) is 9.78 Å². The first-order chi connectivity index (χ1) is 11.9. The molecule has 1 aliphatic rings. The van der Waals surface area contributed by atoms with Gasteiger partial charge in [0.05, 0.1) is 12.7 Å². The highest BCUT2D eigenvalue weighted by Gasteiger charge is 2.39. The van der Waals surface area contributed by atoms with Gasteiger partial charge >= 0.3 is 0 Å². The van der Waals surface area contributed by atoms with Crippen LogP contribution < -0.4 is 0 Å². The van der Waals surface area contributed by atoms with Gasteiger partial charge in [-0.25, -0.2) is 4.68 Å². The van der Waals surface area contributed by atoms with E-state index in [1.54, 1.807) is 34.2 Å². The molecule has 1 fully saturated rings. The number of aryl methyl sites for hydroxylation is 1. The summed E-state index contributed by atoms with van der Waals surface area (Å²) in [5.41, 5.74) is 0.963. The minimum atomic E-state index is -1.15. The van der Waals surface area contributed by atoms with E-state index in [4.69, 9.17) is 0 Å². The largest absolute Gasteiger partial charge is 0.382 e. The van der Waals surface area contributed by atoms with Crippen molar-refractivity contribution in [3.63, 3.8) is 0 Å². The summed E-state index contributed by atoms with van der Waals surface area (Å²) in [5.74, 6) is -0.0615. The van der Waals surface area contributed by atoms with E-state index in [0.717, 1.165) is 18.4 Å². The summed E-state index contributed by atoms with van der Waals surface area (Å²) in [5, 5.41) is 19.3. The van der Waals surface area contributed by atoms with Crippen molar-refractivity contribution in [1.29, 1.82) is 0 Å². The van der Waals surface area contributed by atoms with E-state index in [9.17, 15) is 9.90 Å². The number of pyridine rings is 1. The van der Waals surface area contributed by atoms with Crippen molar-refractivity contribution >= 4 is 5.91 Å². The molecule has 7 nitrogen and oxygen atoms in total. The predicted molar refractivity (Wildman–Crippen MR) is 93.1 cm³/mol. The van der Waals surface area contributed by atoms with Crippen LogP contribution in [0.15, 0.2) is 24.7 Å². The van der Waals surface area contributed by atoms with Gasteiger partial charge in [-0.1, -0.05) is 12.1 Å². The SMILES string of the molecule is CCc1cnccc1C(=O)N1CCC[C@@](O)(c2cn(C(C)C)nn2)C1. The lowest BCUT2D eigenvalue weighted by Gasteiger charge is -2.38. The first kappa shape index (κ1) is 17.5. The number of hydrogen-bond donors (Lipinski definition) is 1. The third-order valence-corrected chi connectivity index (χ3v) is 4.79. The zero-order valence-corrected chi connectivity index (χ0v) is 15.0. The number of nitrogens with zero attached hydrogens (tertiary/aromatic N) is 5. The molecule has 1 atom stereocenters. The van der Waals surface area contributed by atoms with Crippen molar-refractivity contribution < 1.29 is 9.90 Å². The van der Waals surface area contributed by atoms with Crippen LogP contribution in [0.4, 0.5) is 0 Å². The van der Waals surface area contributed by atoms with Crippen LogP contribution in [0.25, 0.3) is 0 Å². The van der Waals surface area contributed by atoms with Crippen LogP contribution in [0, 0.1) is 0 Å². The molecule has 134 valence electrons. The number of piperidine rings is 1. The standard InChI is InChI=1S/C18H25N5O2/c1-4-14-10-19-8-6-15(14)17(24)22-9-5-7-18(25,12-22)16-11-23(13(2)3)21-20-16/h6,8,10-11,13,25H,4-5,7,9,12H2,1-3H3/t18-/m0/s1. The van der Waals surface area contributed by atoms with E-state index >= 15 is 0 Å². The normalized spacial score (nSPS) is 20.9. The summed E-state index contributed by atoms with van der Waals surface area (Å²) in [6.45, 7) is 6.88. The number of aliphatic hydroxyl groups is 1. The summed E-state index contributed by atoms with van der Waals surface area (Å²) in [7, 11) is 0. The Morgan fingerprint density at radius 3 is 2.92 bits per heavy atom. The van der Waals surface area contributed by atoms with Crippen molar-refractivity contribution in [3.8, 4) is 0 Å². The molecule has 1 aliphatic heterocycles. The average Bonchev–Trinajstić information content (AvgIpc) is 3.12. The maximum Gasteiger partial charge on any atom is 0.254 e. The minimum Gasteiger partial charge on any atom is -0.382 e. The van der Waals surface area contributed by atoms with Gasteiger partial charge in [-0.05, 0) is 44.7 Å². The van der Waals surface area contributed by atoms with Crippen LogP contribution in [0.2, 0.25) is 0 Å². The molecule has 1 amide bonds. The predicted octanol–water partition coefficient (Wildman–Crippen LogP) is 1.94. The summed E-state index contributed by atoms with van der Waals surface area (Å²) in [4.78, 5) is 18.8. The van der Waals surface area contributed by atoms with Crippen molar-refractivity contribution in [3.05, 3.63) is 41.5 Å². The summed E-state index contributed by atoms with van der Waals surface area (Å²) >= 11 is 0. The van der Waals surface area contributed by atoms with Crippen LogP contribution in [-0.4, -0.2) is 49.0 Å². The van der Waals surface area contributed by atoms with Gasteiger partial charge < -0.3 is 10.0 Å². The summed E-state index contributed by atoms with van der Waals surface area (Å²) < 4.78 is 1.73. The molecular weight excluding hydrogens is 318 g/mol. The summed E-state index contributed by atoms with van der Waals surface area (Å²) in [6, 6.07) is 1.93. The molecule has 0 saturated carbocycles. The second-order valence-electron chi connectivity index (χ2n) is 6.93. The highest BCUT2D eigenvalue weighted by molar-refractivity contribution is 5.95. The quantitative estimate of drug-likeness (QED) is 0.917. The van der Waals surface area contributed by atoms with E-state index < -0.39 is 5.60 Å². The number of rotatable bonds is 4. The van der Waals surface area contributed by atoms with Crippen molar-refractivity contribution in [2.24, 2.45) is 0 Å². The number of β-amino-alcohol motifs (C(OH)–C–C–N with tert-alkyl or cyclic N) is 1. The maximum absolute atomic E-state index is 13.0. The molecule has 0 unspecified atom stereocenters. The fraction of sp³-hybridized carbons (Fsp3) is 0.556. The van der Waals surface area contributed by atoms with Gasteiger partial charge in [0.2, 0.25) is 0 Å². The van der Waals surface area contributed by atoms with Gasteiger partial charge in [-0.2, -0.15) is 0 Å². The van der Waals surface area contributed by atoms with Crippen molar-refractivity contribution in [2.75, 3.05) is 13.1 Å². The molecule has 7 heteroatoms. The van der Waals surface area contributed by atoms with Crippen LogP contribution >= 0.6 is 0 Å². The Hall–Kier alpha value is -2.28. The number of carbonyl (C=O) groups is 1. The monoisotopic (exact) mass is 343 g/mol. The third-order valence-electron chi connectivity index (χ3n) is 4.79. The second-order valence-corrected chi connectivity index (χ2v) is 6.93. The van der Waals surface area contributed by atoms with Gasteiger partial charge in [0.25, 0.3) is 5.91 Å². The van der Waals surface area contributed by atoms with Crippen LogP contribution in [0.1, 0.15) is 61.3 Å². The molecule has 1 N–H and O–H groups in total. The molecule has 2 aromatic heterocycles. The maximum atomic E-state index is 13.0. The Morgan fingerprint density at radius 1 is 1.44 bits per heavy atom.